The number of hydrogen-bond donors (Lipinski definition) is 1. The zero-order valence-electron chi connectivity index (χ0n) is 11.6. The van der Waals surface area contributed by atoms with Crippen LogP contribution in [-0.4, -0.2) is 41.5 Å². The normalized spacial score (nSPS) is 34.4. The van der Waals surface area contributed by atoms with Crippen molar-refractivity contribution in [2.75, 3.05) is 25.2 Å². The van der Waals surface area contributed by atoms with Gasteiger partial charge in [0.1, 0.15) is 0 Å². The third-order valence-electron chi connectivity index (χ3n) is 4.11. The molecule has 102 valence electrons. The molecule has 1 N–H and O–H groups in total. The molecular formula is C13H27NO2S. The SMILES string of the molecule is CCOC1CC(NCCCS(C)=O)C1(C)CC. The molecule has 1 aliphatic rings. The molecule has 0 saturated heterocycles. The number of hydrogen-bond acceptors (Lipinski definition) is 3. The maximum atomic E-state index is 11.0. The van der Waals surface area contributed by atoms with Crippen molar-refractivity contribution in [1.29, 1.82) is 0 Å². The molecule has 17 heavy (non-hydrogen) atoms. The summed E-state index contributed by atoms with van der Waals surface area (Å²) < 4.78 is 16.7. The molecule has 0 aromatic rings. The van der Waals surface area contributed by atoms with Gasteiger partial charge in [0.2, 0.25) is 0 Å². The van der Waals surface area contributed by atoms with Gasteiger partial charge >= 0.3 is 0 Å². The summed E-state index contributed by atoms with van der Waals surface area (Å²) in [7, 11) is -0.660. The molecule has 1 aliphatic carbocycles. The molecule has 0 bridgehead atoms. The van der Waals surface area contributed by atoms with Crippen LogP contribution in [0.1, 0.15) is 40.0 Å². The van der Waals surface area contributed by atoms with Crippen molar-refractivity contribution in [3.8, 4) is 0 Å². The lowest BCUT2D eigenvalue weighted by molar-refractivity contribution is -0.125. The molecule has 1 saturated carbocycles. The number of ether oxygens (including phenoxy) is 1. The van der Waals surface area contributed by atoms with Gasteiger partial charge in [-0.1, -0.05) is 13.8 Å². The molecule has 4 unspecified atom stereocenters. The minimum Gasteiger partial charge on any atom is -0.378 e. The van der Waals surface area contributed by atoms with Crippen molar-refractivity contribution in [2.24, 2.45) is 5.41 Å². The van der Waals surface area contributed by atoms with E-state index >= 15 is 0 Å². The molecule has 0 aliphatic heterocycles. The van der Waals surface area contributed by atoms with Crippen molar-refractivity contribution in [1.82, 2.24) is 5.32 Å². The first-order chi connectivity index (χ1) is 8.04. The molecule has 1 rings (SSSR count). The average molecular weight is 261 g/mol. The highest BCUT2D eigenvalue weighted by Gasteiger charge is 2.50. The van der Waals surface area contributed by atoms with Gasteiger partial charge in [-0.3, -0.25) is 4.21 Å². The summed E-state index contributed by atoms with van der Waals surface area (Å²) in [6.07, 6.45) is 5.45. The zero-order valence-corrected chi connectivity index (χ0v) is 12.4. The second-order valence-electron chi connectivity index (χ2n) is 5.18. The van der Waals surface area contributed by atoms with Crippen molar-refractivity contribution >= 4 is 10.8 Å². The Labute approximate surface area is 108 Å². The Morgan fingerprint density at radius 1 is 1.47 bits per heavy atom. The van der Waals surface area contributed by atoms with Gasteiger partial charge in [-0.2, -0.15) is 0 Å². The van der Waals surface area contributed by atoms with Crippen LogP contribution in [0, 0.1) is 5.41 Å². The molecule has 0 spiro atoms. The van der Waals surface area contributed by atoms with Gasteiger partial charge in [0.05, 0.1) is 6.10 Å². The Kier molecular flexibility index (Phi) is 6.10. The Morgan fingerprint density at radius 3 is 2.71 bits per heavy atom. The summed E-state index contributed by atoms with van der Waals surface area (Å²) >= 11 is 0. The van der Waals surface area contributed by atoms with E-state index in [9.17, 15) is 4.21 Å². The largest absolute Gasteiger partial charge is 0.378 e. The third-order valence-corrected chi connectivity index (χ3v) is 4.97. The summed E-state index contributed by atoms with van der Waals surface area (Å²) in [5, 5.41) is 3.59. The van der Waals surface area contributed by atoms with Crippen LogP contribution in [-0.2, 0) is 15.5 Å². The smallest absolute Gasteiger partial charge is 0.0658 e. The van der Waals surface area contributed by atoms with E-state index in [-0.39, 0.29) is 5.41 Å². The molecule has 0 heterocycles. The number of rotatable bonds is 8. The van der Waals surface area contributed by atoms with Gasteiger partial charge in [0.15, 0.2) is 0 Å². The van der Waals surface area contributed by atoms with Crippen molar-refractivity contribution in [3.05, 3.63) is 0 Å². The summed E-state index contributed by atoms with van der Waals surface area (Å²) in [6.45, 7) is 8.39. The molecule has 0 aromatic heterocycles. The lowest BCUT2D eigenvalue weighted by atomic mass is 9.61. The first kappa shape index (κ1) is 15.1. The predicted octanol–water partition coefficient (Wildman–Crippen LogP) is 1.94. The number of nitrogens with one attached hydrogen (secondary N) is 1. The molecular weight excluding hydrogens is 234 g/mol. The fourth-order valence-corrected chi connectivity index (χ4v) is 3.17. The van der Waals surface area contributed by atoms with Crippen LogP contribution in [0.3, 0.4) is 0 Å². The first-order valence-electron chi connectivity index (χ1n) is 6.69. The average Bonchev–Trinajstić information content (AvgIpc) is 2.30. The van der Waals surface area contributed by atoms with E-state index in [4.69, 9.17) is 4.74 Å². The predicted molar refractivity (Wildman–Crippen MR) is 73.8 cm³/mol. The molecule has 4 atom stereocenters. The van der Waals surface area contributed by atoms with Gasteiger partial charge in [0, 0.05) is 40.9 Å². The summed E-state index contributed by atoms with van der Waals surface area (Å²) in [4.78, 5) is 0. The van der Waals surface area contributed by atoms with Crippen molar-refractivity contribution in [3.63, 3.8) is 0 Å². The lowest BCUT2D eigenvalue weighted by Crippen LogP contribution is -2.62. The second-order valence-corrected chi connectivity index (χ2v) is 6.73. The van der Waals surface area contributed by atoms with Gasteiger partial charge in [-0.15, -0.1) is 0 Å². The van der Waals surface area contributed by atoms with Gasteiger partial charge in [-0.25, -0.2) is 0 Å². The molecule has 1 fully saturated rings. The van der Waals surface area contributed by atoms with E-state index in [1.165, 1.54) is 0 Å². The van der Waals surface area contributed by atoms with Gasteiger partial charge in [0.25, 0.3) is 0 Å². The molecule has 3 nitrogen and oxygen atoms in total. The van der Waals surface area contributed by atoms with E-state index in [0.717, 1.165) is 38.2 Å². The molecule has 0 aromatic carbocycles. The van der Waals surface area contributed by atoms with Crippen molar-refractivity contribution < 1.29 is 8.95 Å². The second kappa shape index (κ2) is 6.86. The standard InChI is InChI=1S/C13H27NO2S/c1-5-13(3)11(10-12(13)16-6-2)14-8-7-9-17(4)15/h11-12,14H,5-10H2,1-4H3. The van der Waals surface area contributed by atoms with E-state index < -0.39 is 10.8 Å². The first-order valence-corrected chi connectivity index (χ1v) is 8.42. The minimum absolute atomic E-state index is 0.279. The van der Waals surface area contributed by atoms with Crippen LogP contribution in [0.25, 0.3) is 0 Å². The Bertz CT molecular complexity index is 260. The topological polar surface area (TPSA) is 38.3 Å². The van der Waals surface area contributed by atoms with E-state index in [0.29, 0.717) is 12.1 Å². The quantitative estimate of drug-likeness (QED) is 0.679. The fourth-order valence-electron chi connectivity index (χ4n) is 2.62. The molecule has 4 heteroatoms. The summed E-state index contributed by atoms with van der Waals surface area (Å²) in [5.74, 6) is 0.803. The van der Waals surface area contributed by atoms with E-state index in [1.807, 2.05) is 0 Å². The maximum Gasteiger partial charge on any atom is 0.0658 e. The molecule has 0 amide bonds. The summed E-state index contributed by atoms with van der Waals surface area (Å²) in [5.41, 5.74) is 0.279. The Morgan fingerprint density at radius 2 is 2.18 bits per heavy atom. The zero-order chi connectivity index (χ0) is 12.9. The minimum atomic E-state index is -0.660. The molecule has 0 radical (unpaired) electrons. The van der Waals surface area contributed by atoms with Crippen LogP contribution in [0.15, 0.2) is 0 Å². The van der Waals surface area contributed by atoms with Crippen LogP contribution < -0.4 is 5.32 Å². The maximum absolute atomic E-state index is 11.0. The van der Waals surface area contributed by atoms with Crippen LogP contribution in [0.4, 0.5) is 0 Å². The van der Waals surface area contributed by atoms with Crippen LogP contribution in [0.5, 0.6) is 0 Å². The van der Waals surface area contributed by atoms with E-state index in [1.54, 1.807) is 6.26 Å². The highest BCUT2D eigenvalue weighted by atomic mass is 32.2. The summed E-state index contributed by atoms with van der Waals surface area (Å²) in [6, 6.07) is 0.564. The monoisotopic (exact) mass is 261 g/mol. The highest BCUT2D eigenvalue weighted by molar-refractivity contribution is 7.84. The van der Waals surface area contributed by atoms with Crippen LogP contribution >= 0.6 is 0 Å². The third kappa shape index (κ3) is 3.76. The van der Waals surface area contributed by atoms with Gasteiger partial charge in [-0.05, 0) is 32.7 Å². The lowest BCUT2D eigenvalue weighted by Gasteiger charge is -2.53. The van der Waals surface area contributed by atoms with Crippen molar-refractivity contribution in [2.45, 2.75) is 52.2 Å². The fraction of sp³-hybridized carbons (Fsp3) is 1.00. The highest BCUT2D eigenvalue weighted by Crippen LogP contribution is 2.45. The van der Waals surface area contributed by atoms with Gasteiger partial charge < -0.3 is 10.1 Å². The van der Waals surface area contributed by atoms with E-state index in [2.05, 4.69) is 26.1 Å². The van der Waals surface area contributed by atoms with Crippen LogP contribution in [0.2, 0.25) is 0 Å². The Balaban J connectivity index is 2.28. The Hall–Kier alpha value is 0.0700.